The Morgan fingerprint density at radius 1 is 1.44 bits per heavy atom. The molecule has 1 aliphatic carbocycles. The SMILES string of the molecule is NC(=O)c1cnc(N2CCC2)nc1C1CC1. The van der Waals surface area contributed by atoms with Gasteiger partial charge in [-0.05, 0) is 19.3 Å². The fraction of sp³-hybridized carbons (Fsp3) is 0.545. The van der Waals surface area contributed by atoms with E-state index in [1.54, 1.807) is 6.20 Å². The minimum atomic E-state index is -0.419. The summed E-state index contributed by atoms with van der Waals surface area (Å²) in [5, 5.41) is 0. The third-order valence-corrected chi connectivity index (χ3v) is 3.17. The number of carbonyl (C=O) groups excluding carboxylic acids is 1. The van der Waals surface area contributed by atoms with Crippen LogP contribution in [0, 0.1) is 0 Å². The maximum atomic E-state index is 11.2. The molecule has 0 spiro atoms. The van der Waals surface area contributed by atoms with Crippen LogP contribution in [0.2, 0.25) is 0 Å². The van der Waals surface area contributed by atoms with Crippen molar-refractivity contribution in [2.75, 3.05) is 18.0 Å². The molecule has 3 rings (SSSR count). The van der Waals surface area contributed by atoms with Gasteiger partial charge < -0.3 is 10.6 Å². The lowest BCUT2D eigenvalue weighted by Crippen LogP contribution is -2.38. The Labute approximate surface area is 93.7 Å². The molecule has 0 unspecified atom stereocenters. The molecule has 1 saturated heterocycles. The van der Waals surface area contributed by atoms with Crippen LogP contribution in [0.15, 0.2) is 6.20 Å². The van der Waals surface area contributed by atoms with Crippen molar-refractivity contribution >= 4 is 11.9 Å². The van der Waals surface area contributed by atoms with Crippen LogP contribution in [0.1, 0.15) is 41.2 Å². The predicted molar refractivity (Wildman–Crippen MR) is 59.4 cm³/mol. The average Bonchev–Trinajstić information content (AvgIpc) is 2.97. The second-order valence-electron chi connectivity index (χ2n) is 4.45. The number of nitrogens with two attached hydrogens (primary N) is 1. The predicted octanol–water partition coefficient (Wildman–Crippen LogP) is 0.663. The van der Waals surface area contributed by atoms with Crippen molar-refractivity contribution in [3.63, 3.8) is 0 Å². The van der Waals surface area contributed by atoms with E-state index in [1.807, 2.05) is 0 Å². The molecule has 1 aromatic heterocycles. The number of rotatable bonds is 3. The standard InChI is InChI=1S/C11H14N4O/c12-10(16)8-6-13-11(15-4-1-5-15)14-9(8)7-2-3-7/h6-7H,1-5H2,(H2,12,16). The first kappa shape index (κ1) is 9.57. The van der Waals surface area contributed by atoms with Crippen LogP contribution < -0.4 is 10.6 Å². The van der Waals surface area contributed by atoms with E-state index < -0.39 is 5.91 Å². The largest absolute Gasteiger partial charge is 0.365 e. The van der Waals surface area contributed by atoms with Crippen molar-refractivity contribution in [3.05, 3.63) is 17.5 Å². The van der Waals surface area contributed by atoms with E-state index >= 15 is 0 Å². The molecule has 5 heteroatoms. The van der Waals surface area contributed by atoms with E-state index in [1.165, 1.54) is 6.42 Å². The number of carbonyl (C=O) groups is 1. The van der Waals surface area contributed by atoms with Gasteiger partial charge in [-0.25, -0.2) is 9.97 Å². The quantitative estimate of drug-likeness (QED) is 0.809. The maximum Gasteiger partial charge on any atom is 0.252 e. The van der Waals surface area contributed by atoms with Gasteiger partial charge in [0, 0.05) is 25.2 Å². The highest BCUT2D eigenvalue weighted by Crippen LogP contribution is 2.41. The van der Waals surface area contributed by atoms with Gasteiger partial charge in [-0.2, -0.15) is 0 Å². The van der Waals surface area contributed by atoms with Crippen molar-refractivity contribution in [2.45, 2.75) is 25.2 Å². The lowest BCUT2D eigenvalue weighted by atomic mass is 10.1. The Bertz CT molecular complexity index is 438. The van der Waals surface area contributed by atoms with E-state index in [2.05, 4.69) is 14.9 Å². The Balaban J connectivity index is 1.98. The molecule has 2 heterocycles. The lowest BCUT2D eigenvalue weighted by molar-refractivity contribution is 0.0998. The normalized spacial score (nSPS) is 19.4. The zero-order valence-electron chi connectivity index (χ0n) is 9.02. The highest BCUT2D eigenvalue weighted by atomic mass is 16.1. The Morgan fingerprint density at radius 3 is 2.69 bits per heavy atom. The third kappa shape index (κ3) is 1.52. The van der Waals surface area contributed by atoms with Gasteiger partial charge in [0.05, 0.1) is 11.3 Å². The monoisotopic (exact) mass is 218 g/mol. The first-order valence-corrected chi connectivity index (χ1v) is 5.67. The second kappa shape index (κ2) is 3.43. The summed E-state index contributed by atoms with van der Waals surface area (Å²) in [6.07, 6.45) is 4.99. The van der Waals surface area contributed by atoms with Crippen LogP contribution >= 0.6 is 0 Å². The van der Waals surface area contributed by atoms with Crippen molar-refractivity contribution in [1.82, 2.24) is 9.97 Å². The second-order valence-corrected chi connectivity index (χ2v) is 4.45. The van der Waals surface area contributed by atoms with Crippen molar-refractivity contribution in [1.29, 1.82) is 0 Å². The number of hydrogen-bond donors (Lipinski definition) is 1. The molecule has 5 nitrogen and oxygen atoms in total. The number of amides is 1. The van der Waals surface area contributed by atoms with Gasteiger partial charge in [0.2, 0.25) is 5.95 Å². The van der Waals surface area contributed by atoms with Gasteiger partial charge >= 0.3 is 0 Å². The van der Waals surface area contributed by atoms with Gasteiger partial charge in [0.15, 0.2) is 0 Å². The molecule has 2 fully saturated rings. The molecule has 1 aromatic rings. The number of primary amides is 1. The van der Waals surface area contributed by atoms with Crippen LogP contribution in [-0.4, -0.2) is 29.0 Å². The number of hydrogen-bond acceptors (Lipinski definition) is 4. The van der Waals surface area contributed by atoms with Gasteiger partial charge in [-0.15, -0.1) is 0 Å². The zero-order chi connectivity index (χ0) is 11.1. The summed E-state index contributed by atoms with van der Waals surface area (Å²) in [5.74, 6) is 0.751. The number of nitrogens with zero attached hydrogens (tertiary/aromatic N) is 3. The summed E-state index contributed by atoms with van der Waals surface area (Å²) >= 11 is 0. The molecular formula is C11H14N4O. The minimum Gasteiger partial charge on any atom is -0.365 e. The van der Waals surface area contributed by atoms with Gasteiger partial charge in [0.1, 0.15) is 0 Å². The fourth-order valence-corrected chi connectivity index (χ4v) is 1.91. The molecule has 0 radical (unpaired) electrons. The molecule has 0 atom stereocenters. The van der Waals surface area contributed by atoms with Gasteiger partial charge in [-0.1, -0.05) is 0 Å². The molecule has 1 saturated carbocycles. The first-order chi connectivity index (χ1) is 7.75. The molecule has 2 aliphatic rings. The van der Waals surface area contributed by atoms with E-state index in [0.29, 0.717) is 11.5 Å². The van der Waals surface area contributed by atoms with Crippen LogP contribution in [0.3, 0.4) is 0 Å². The molecule has 0 bridgehead atoms. The molecule has 2 N–H and O–H groups in total. The van der Waals surface area contributed by atoms with Gasteiger partial charge in [-0.3, -0.25) is 4.79 Å². The summed E-state index contributed by atoms with van der Waals surface area (Å²) in [5.41, 5.74) is 6.66. The zero-order valence-corrected chi connectivity index (χ0v) is 9.02. The minimum absolute atomic E-state index is 0.419. The Hall–Kier alpha value is -1.65. The van der Waals surface area contributed by atoms with E-state index in [9.17, 15) is 4.79 Å². The van der Waals surface area contributed by atoms with Crippen LogP contribution in [0.4, 0.5) is 5.95 Å². The van der Waals surface area contributed by atoms with Gasteiger partial charge in [0.25, 0.3) is 5.91 Å². The van der Waals surface area contributed by atoms with Crippen LogP contribution in [0.25, 0.3) is 0 Å². The molecule has 84 valence electrons. The van der Waals surface area contributed by atoms with Crippen LogP contribution in [0.5, 0.6) is 0 Å². The number of anilines is 1. The summed E-state index contributed by atoms with van der Waals surface area (Å²) in [4.78, 5) is 22.1. The molecular weight excluding hydrogens is 204 g/mol. The first-order valence-electron chi connectivity index (χ1n) is 5.67. The average molecular weight is 218 g/mol. The highest BCUT2D eigenvalue weighted by molar-refractivity contribution is 5.94. The molecule has 1 amide bonds. The van der Waals surface area contributed by atoms with E-state index in [-0.39, 0.29) is 0 Å². The summed E-state index contributed by atoms with van der Waals surface area (Å²) in [6.45, 7) is 2.03. The molecule has 1 aliphatic heterocycles. The summed E-state index contributed by atoms with van der Waals surface area (Å²) in [7, 11) is 0. The molecule has 0 aromatic carbocycles. The Kier molecular flexibility index (Phi) is 2.05. The van der Waals surface area contributed by atoms with E-state index in [0.717, 1.165) is 37.6 Å². The lowest BCUT2D eigenvalue weighted by Gasteiger charge is -2.31. The van der Waals surface area contributed by atoms with Crippen molar-refractivity contribution in [3.8, 4) is 0 Å². The Morgan fingerprint density at radius 2 is 2.19 bits per heavy atom. The maximum absolute atomic E-state index is 11.2. The molecule has 16 heavy (non-hydrogen) atoms. The van der Waals surface area contributed by atoms with Crippen molar-refractivity contribution in [2.24, 2.45) is 5.73 Å². The topological polar surface area (TPSA) is 72.1 Å². The van der Waals surface area contributed by atoms with E-state index in [4.69, 9.17) is 5.73 Å². The third-order valence-electron chi connectivity index (χ3n) is 3.17. The summed E-state index contributed by atoms with van der Waals surface area (Å²) < 4.78 is 0. The smallest absolute Gasteiger partial charge is 0.252 e. The highest BCUT2D eigenvalue weighted by Gasteiger charge is 2.31. The fourth-order valence-electron chi connectivity index (χ4n) is 1.91. The van der Waals surface area contributed by atoms with Crippen LogP contribution in [-0.2, 0) is 0 Å². The van der Waals surface area contributed by atoms with Crippen molar-refractivity contribution < 1.29 is 4.79 Å². The summed E-state index contributed by atoms with van der Waals surface area (Å²) in [6, 6.07) is 0. The number of aromatic nitrogens is 2.